The lowest BCUT2D eigenvalue weighted by Gasteiger charge is -2.34. The first-order chi connectivity index (χ1) is 13.7. The van der Waals surface area contributed by atoms with E-state index < -0.39 is 0 Å². The van der Waals surface area contributed by atoms with Gasteiger partial charge in [0.1, 0.15) is 0 Å². The topological polar surface area (TPSA) is 61.9 Å². The van der Waals surface area contributed by atoms with Gasteiger partial charge in [0.25, 0.3) is 0 Å². The van der Waals surface area contributed by atoms with Crippen LogP contribution >= 0.6 is 0 Å². The summed E-state index contributed by atoms with van der Waals surface area (Å²) in [5, 5.41) is 3.04. The quantitative estimate of drug-likeness (QED) is 0.511. The van der Waals surface area contributed by atoms with Crippen LogP contribution in [-0.2, 0) is 9.53 Å². The summed E-state index contributed by atoms with van der Waals surface area (Å²) in [5.41, 5.74) is 0. The third-order valence-corrected chi connectivity index (χ3v) is 5.92. The summed E-state index contributed by atoms with van der Waals surface area (Å²) in [7, 11) is 0. The molecule has 28 heavy (non-hydrogen) atoms. The van der Waals surface area contributed by atoms with E-state index in [1.54, 1.807) is 0 Å². The van der Waals surface area contributed by atoms with Crippen molar-refractivity contribution in [1.82, 2.24) is 15.1 Å². The zero-order chi connectivity index (χ0) is 20.0. The van der Waals surface area contributed by atoms with Gasteiger partial charge < -0.3 is 19.9 Å². The van der Waals surface area contributed by atoms with Gasteiger partial charge in [-0.05, 0) is 38.5 Å². The number of carbonyl (C=O) groups is 2. The van der Waals surface area contributed by atoms with Crippen molar-refractivity contribution in [2.45, 2.75) is 77.6 Å². The molecule has 6 nitrogen and oxygen atoms in total. The van der Waals surface area contributed by atoms with Gasteiger partial charge in [-0.25, -0.2) is 4.79 Å². The second kappa shape index (κ2) is 13.8. The van der Waals surface area contributed by atoms with Gasteiger partial charge in [-0.1, -0.05) is 39.0 Å². The number of nitrogens with one attached hydrogen (secondary N) is 1. The van der Waals surface area contributed by atoms with E-state index in [0.29, 0.717) is 19.6 Å². The number of hydrogen-bond acceptors (Lipinski definition) is 3. The molecule has 0 unspecified atom stereocenters. The molecule has 0 bridgehead atoms. The highest BCUT2D eigenvalue weighted by Gasteiger charge is 2.30. The SMILES string of the molecule is CCCCCCCCOCCCNC(=O)C1CCN(C(=O)N2CCCC2)CC1. The van der Waals surface area contributed by atoms with E-state index in [-0.39, 0.29) is 17.9 Å². The number of hydrogen-bond donors (Lipinski definition) is 1. The Morgan fingerprint density at radius 2 is 1.46 bits per heavy atom. The number of unbranched alkanes of at least 4 members (excludes halogenated alkanes) is 5. The Morgan fingerprint density at radius 1 is 0.857 bits per heavy atom. The Labute approximate surface area is 171 Å². The van der Waals surface area contributed by atoms with Crippen molar-refractivity contribution in [3.8, 4) is 0 Å². The Hall–Kier alpha value is -1.30. The van der Waals surface area contributed by atoms with Crippen LogP contribution in [0.2, 0.25) is 0 Å². The fourth-order valence-electron chi connectivity index (χ4n) is 4.06. The van der Waals surface area contributed by atoms with Gasteiger partial charge in [-0.2, -0.15) is 0 Å². The number of urea groups is 1. The molecule has 2 rings (SSSR count). The lowest BCUT2D eigenvalue weighted by molar-refractivity contribution is -0.126. The summed E-state index contributed by atoms with van der Waals surface area (Å²) in [6, 6.07) is 0.166. The smallest absolute Gasteiger partial charge is 0.319 e. The Bertz CT molecular complexity index is 444. The van der Waals surface area contributed by atoms with Gasteiger partial charge >= 0.3 is 6.03 Å². The van der Waals surface area contributed by atoms with E-state index in [1.807, 2.05) is 9.80 Å². The van der Waals surface area contributed by atoms with Crippen LogP contribution in [0.15, 0.2) is 0 Å². The number of amides is 3. The second-order valence-electron chi connectivity index (χ2n) is 8.26. The summed E-state index contributed by atoms with van der Waals surface area (Å²) in [5.74, 6) is 0.191. The van der Waals surface area contributed by atoms with E-state index in [9.17, 15) is 9.59 Å². The number of rotatable bonds is 12. The van der Waals surface area contributed by atoms with E-state index in [1.165, 1.54) is 32.1 Å². The average Bonchev–Trinajstić information content (AvgIpc) is 3.26. The molecule has 6 heteroatoms. The Balaban J connectivity index is 1.44. The van der Waals surface area contributed by atoms with Gasteiger partial charge in [0, 0.05) is 51.9 Å². The highest BCUT2D eigenvalue weighted by molar-refractivity contribution is 5.79. The molecule has 3 amide bonds. The van der Waals surface area contributed by atoms with Crippen LogP contribution in [0.3, 0.4) is 0 Å². The van der Waals surface area contributed by atoms with Crippen molar-refractivity contribution in [1.29, 1.82) is 0 Å². The van der Waals surface area contributed by atoms with Crippen LogP contribution in [0.5, 0.6) is 0 Å². The summed E-state index contributed by atoms with van der Waals surface area (Å²) in [6.45, 7) is 7.66. The number of piperidine rings is 1. The minimum absolute atomic E-state index is 0.0478. The monoisotopic (exact) mass is 395 g/mol. The molecule has 0 aromatic carbocycles. The predicted molar refractivity (Wildman–Crippen MR) is 112 cm³/mol. The maximum atomic E-state index is 12.4. The van der Waals surface area contributed by atoms with E-state index in [2.05, 4.69) is 12.2 Å². The zero-order valence-corrected chi connectivity index (χ0v) is 17.9. The number of carbonyl (C=O) groups excluding carboxylic acids is 2. The standard InChI is InChI=1S/C22H41N3O3/c1-2-3-4-5-6-9-18-28-19-10-13-23-21(26)20-11-16-25(17-12-20)22(27)24-14-7-8-15-24/h20H,2-19H2,1H3,(H,23,26). The van der Waals surface area contributed by atoms with Crippen LogP contribution in [0, 0.1) is 5.92 Å². The number of likely N-dealkylation sites (tertiary alicyclic amines) is 2. The predicted octanol–water partition coefficient (Wildman–Crippen LogP) is 3.80. The van der Waals surface area contributed by atoms with E-state index in [0.717, 1.165) is 64.8 Å². The van der Waals surface area contributed by atoms with Crippen LogP contribution in [0.25, 0.3) is 0 Å². The minimum atomic E-state index is 0.0478. The molecule has 0 aromatic heterocycles. The van der Waals surface area contributed by atoms with Crippen molar-refractivity contribution >= 4 is 11.9 Å². The first kappa shape index (κ1) is 23.0. The molecular formula is C22H41N3O3. The van der Waals surface area contributed by atoms with Gasteiger partial charge in [-0.15, -0.1) is 0 Å². The molecule has 162 valence electrons. The zero-order valence-electron chi connectivity index (χ0n) is 17.9. The third kappa shape index (κ3) is 8.38. The fraction of sp³-hybridized carbons (Fsp3) is 0.909. The molecule has 0 aromatic rings. The summed E-state index contributed by atoms with van der Waals surface area (Å²) in [4.78, 5) is 28.6. The molecule has 0 spiro atoms. The van der Waals surface area contributed by atoms with Gasteiger partial charge in [0.2, 0.25) is 5.91 Å². The molecule has 2 aliphatic rings. The van der Waals surface area contributed by atoms with Crippen LogP contribution < -0.4 is 5.32 Å². The molecule has 2 aliphatic heterocycles. The Morgan fingerprint density at radius 3 is 2.18 bits per heavy atom. The van der Waals surface area contributed by atoms with Crippen molar-refractivity contribution < 1.29 is 14.3 Å². The van der Waals surface area contributed by atoms with Gasteiger partial charge in [0.15, 0.2) is 0 Å². The largest absolute Gasteiger partial charge is 0.381 e. The van der Waals surface area contributed by atoms with Crippen LogP contribution in [0.1, 0.15) is 77.6 Å². The highest BCUT2D eigenvalue weighted by atomic mass is 16.5. The molecule has 0 radical (unpaired) electrons. The molecule has 0 atom stereocenters. The van der Waals surface area contributed by atoms with Crippen molar-refractivity contribution in [2.24, 2.45) is 5.92 Å². The van der Waals surface area contributed by atoms with Crippen molar-refractivity contribution in [2.75, 3.05) is 45.9 Å². The minimum Gasteiger partial charge on any atom is -0.381 e. The number of nitrogens with zero attached hydrogens (tertiary/aromatic N) is 2. The average molecular weight is 396 g/mol. The van der Waals surface area contributed by atoms with Gasteiger partial charge in [0.05, 0.1) is 0 Å². The Kier molecular flexibility index (Phi) is 11.3. The number of ether oxygens (including phenoxy) is 1. The maximum absolute atomic E-state index is 12.4. The van der Waals surface area contributed by atoms with Crippen molar-refractivity contribution in [3.63, 3.8) is 0 Å². The third-order valence-electron chi connectivity index (χ3n) is 5.92. The lowest BCUT2D eigenvalue weighted by Crippen LogP contribution is -2.47. The molecule has 0 aliphatic carbocycles. The summed E-state index contributed by atoms with van der Waals surface area (Å²) < 4.78 is 5.66. The highest BCUT2D eigenvalue weighted by Crippen LogP contribution is 2.20. The molecule has 2 fully saturated rings. The normalized spacial score (nSPS) is 17.9. The molecule has 0 saturated carbocycles. The van der Waals surface area contributed by atoms with E-state index in [4.69, 9.17) is 4.74 Å². The van der Waals surface area contributed by atoms with Crippen LogP contribution in [-0.4, -0.2) is 67.7 Å². The molecule has 2 heterocycles. The maximum Gasteiger partial charge on any atom is 0.319 e. The second-order valence-corrected chi connectivity index (χ2v) is 8.26. The summed E-state index contributed by atoms with van der Waals surface area (Å²) >= 11 is 0. The lowest BCUT2D eigenvalue weighted by atomic mass is 9.96. The molecule has 1 N–H and O–H groups in total. The van der Waals surface area contributed by atoms with E-state index >= 15 is 0 Å². The van der Waals surface area contributed by atoms with Crippen LogP contribution in [0.4, 0.5) is 4.79 Å². The first-order valence-electron chi connectivity index (χ1n) is 11.6. The first-order valence-corrected chi connectivity index (χ1v) is 11.6. The molecule has 2 saturated heterocycles. The summed E-state index contributed by atoms with van der Waals surface area (Å²) in [6.07, 6.45) is 12.4. The van der Waals surface area contributed by atoms with Gasteiger partial charge in [-0.3, -0.25) is 4.79 Å². The van der Waals surface area contributed by atoms with Crippen molar-refractivity contribution in [3.05, 3.63) is 0 Å². The fourth-order valence-corrected chi connectivity index (χ4v) is 4.06. The molecular weight excluding hydrogens is 354 g/mol.